The zero-order chi connectivity index (χ0) is 13.2. The summed E-state index contributed by atoms with van der Waals surface area (Å²) < 4.78 is 0. The van der Waals surface area contributed by atoms with Crippen LogP contribution in [-0.4, -0.2) is 22.4 Å². The molecule has 1 amide bonds. The predicted molar refractivity (Wildman–Crippen MR) is 73.7 cm³/mol. The molecule has 19 heavy (non-hydrogen) atoms. The molecule has 1 aromatic carbocycles. The number of hydrogen-bond acceptors (Lipinski definition) is 3. The van der Waals surface area contributed by atoms with Crippen molar-refractivity contribution in [2.45, 2.75) is 19.3 Å². The molecule has 1 aliphatic heterocycles. The van der Waals surface area contributed by atoms with Crippen molar-refractivity contribution in [3.8, 4) is 11.3 Å². The molecular formula is C14H16N4O. The van der Waals surface area contributed by atoms with Crippen LogP contribution in [0.3, 0.4) is 0 Å². The normalized spacial score (nSPS) is 13.4. The van der Waals surface area contributed by atoms with E-state index in [9.17, 15) is 4.79 Å². The van der Waals surface area contributed by atoms with Crippen LogP contribution in [0.2, 0.25) is 0 Å². The second-order valence-electron chi connectivity index (χ2n) is 4.73. The molecule has 0 aliphatic carbocycles. The highest BCUT2D eigenvalue weighted by molar-refractivity contribution is 5.99. The number of anilines is 1. The van der Waals surface area contributed by atoms with Crippen LogP contribution < -0.4 is 11.1 Å². The molecule has 0 radical (unpaired) electrons. The number of carbonyl (C=O) groups excluding carboxylic acids is 1. The van der Waals surface area contributed by atoms with Gasteiger partial charge in [-0.25, -0.2) is 4.98 Å². The minimum atomic E-state index is 0.0559. The molecule has 0 unspecified atom stereocenters. The van der Waals surface area contributed by atoms with E-state index in [0.717, 1.165) is 41.2 Å². The highest BCUT2D eigenvalue weighted by Gasteiger charge is 2.18. The summed E-state index contributed by atoms with van der Waals surface area (Å²) in [5.41, 5.74) is 9.48. The Morgan fingerprint density at radius 2 is 2.26 bits per heavy atom. The smallest absolute Gasteiger partial charge is 0.228 e. The number of carbonyl (C=O) groups is 1. The second kappa shape index (κ2) is 4.85. The van der Waals surface area contributed by atoms with Crippen molar-refractivity contribution >= 4 is 11.6 Å². The minimum Gasteiger partial charge on any atom is -0.342 e. The minimum absolute atomic E-state index is 0.0559. The fourth-order valence-corrected chi connectivity index (χ4v) is 2.30. The number of H-pyrrole nitrogens is 1. The van der Waals surface area contributed by atoms with Gasteiger partial charge in [0, 0.05) is 12.1 Å². The van der Waals surface area contributed by atoms with Crippen LogP contribution in [0.25, 0.3) is 11.3 Å². The van der Waals surface area contributed by atoms with E-state index in [1.54, 1.807) is 0 Å². The summed E-state index contributed by atoms with van der Waals surface area (Å²) in [5, 5.41) is 2.83. The lowest BCUT2D eigenvalue weighted by Gasteiger charge is -2.02. The molecule has 4 N–H and O–H groups in total. The third-order valence-corrected chi connectivity index (χ3v) is 3.29. The Kier molecular flexibility index (Phi) is 3.05. The Hall–Kier alpha value is -2.14. The van der Waals surface area contributed by atoms with Crippen molar-refractivity contribution in [2.75, 3.05) is 11.9 Å². The summed E-state index contributed by atoms with van der Waals surface area (Å²) >= 11 is 0. The van der Waals surface area contributed by atoms with Gasteiger partial charge in [-0.15, -0.1) is 0 Å². The molecule has 5 nitrogen and oxygen atoms in total. The lowest BCUT2D eigenvalue weighted by molar-refractivity contribution is -0.115. The summed E-state index contributed by atoms with van der Waals surface area (Å²) in [5.74, 6) is 1.01. The summed E-state index contributed by atoms with van der Waals surface area (Å²) in [6, 6.07) is 5.97. The summed E-state index contributed by atoms with van der Waals surface area (Å²) in [7, 11) is 0. The monoisotopic (exact) mass is 256 g/mol. The molecule has 0 saturated heterocycles. The molecule has 1 aromatic heterocycles. The maximum Gasteiger partial charge on any atom is 0.228 e. The average molecular weight is 256 g/mol. The first-order chi connectivity index (χ1) is 9.26. The Balaban J connectivity index is 1.84. The first-order valence-corrected chi connectivity index (χ1v) is 6.43. The van der Waals surface area contributed by atoms with Gasteiger partial charge in [0.2, 0.25) is 5.91 Å². The first-order valence-electron chi connectivity index (χ1n) is 6.43. The van der Waals surface area contributed by atoms with Gasteiger partial charge in [-0.3, -0.25) is 4.79 Å². The van der Waals surface area contributed by atoms with E-state index in [1.165, 1.54) is 0 Å². The van der Waals surface area contributed by atoms with Crippen molar-refractivity contribution in [1.82, 2.24) is 9.97 Å². The highest BCUT2D eigenvalue weighted by Crippen LogP contribution is 2.28. The number of benzene rings is 1. The van der Waals surface area contributed by atoms with E-state index < -0.39 is 0 Å². The Labute approximate surface area is 111 Å². The summed E-state index contributed by atoms with van der Waals surface area (Å²) in [4.78, 5) is 19.0. The number of aromatic nitrogens is 2. The number of imidazole rings is 1. The second-order valence-corrected chi connectivity index (χ2v) is 4.73. The number of aryl methyl sites for hydroxylation is 1. The number of nitrogens with one attached hydrogen (secondary N) is 2. The van der Waals surface area contributed by atoms with Gasteiger partial charge in [0.25, 0.3) is 0 Å². The number of aromatic amines is 1. The standard InChI is InChI=1S/C14H16N4O/c15-5-1-2-13-16-8-12(17-13)9-3-4-11-10(6-9)7-14(19)18-11/h3-4,6,8H,1-2,5,7,15H2,(H,16,17)(H,18,19). The Bertz CT molecular complexity index is 618. The van der Waals surface area contributed by atoms with Gasteiger partial charge >= 0.3 is 0 Å². The molecule has 98 valence electrons. The highest BCUT2D eigenvalue weighted by atomic mass is 16.1. The lowest BCUT2D eigenvalue weighted by Crippen LogP contribution is -2.03. The molecular weight excluding hydrogens is 240 g/mol. The van der Waals surface area contributed by atoms with Crippen LogP contribution in [0.1, 0.15) is 17.8 Å². The van der Waals surface area contributed by atoms with Crippen molar-refractivity contribution in [3.05, 3.63) is 35.8 Å². The molecule has 0 spiro atoms. The van der Waals surface area contributed by atoms with Crippen molar-refractivity contribution in [3.63, 3.8) is 0 Å². The van der Waals surface area contributed by atoms with Gasteiger partial charge in [0.15, 0.2) is 0 Å². The van der Waals surface area contributed by atoms with Crippen LogP contribution in [0.5, 0.6) is 0 Å². The number of nitrogens with zero attached hydrogens (tertiary/aromatic N) is 1. The molecule has 3 rings (SSSR count). The predicted octanol–water partition coefficient (Wildman–Crippen LogP) is 1.46. The van der Waals surface area contributed by atoms with E-state index in [4.69, 9.17) is 5.73 Å². The molecule has 0 fully saturated rings. The van der Waals surface area contributed by atoms with Crippen molar-refractivity contribution in [1.29, 1.82) is 0 Å². The molecule has 2 heterocycles. The van der Waals surface area contributed by atoms with Crippen LogP contribution >= 0.6 is 0 Å². The van der Waals surface area contributed by atoms with E-state index in [-0.39, 0.29) is 5.91 Å². The zero-order valence-electron chi connectivity index (χ0n) is 10.6. The SMILES string of the molecule is NCCCc1ncc(-c2ccc3c(c2)CC(=O)N3)[nH]1. The zero-order valence-corrected chi connectivity index (χ0v) is 10.6. The van der Waals surface area contributed by atoms with Gasteiger partial charge in [0.05, 0.1) is 18.3 Å². The molecule has 1 aliphatic rings. The largest absolute Gasteiger partial charge is 0.342 e. The van der Waals surface area contributed by atoms with Gasteiger partial charge in [-0.1, -0.05) is 6.07 Å². The fraction of sp³-hybridized carbons (Fsp3) is 0.286. The number of nitrogens with two attached hydrogens (primary N) is 1. The van der Waals surface area contributed by atoms with Crippen LogP contribution in [0.4, 0.5) is 5.69 Å². The molecule has 5 heteroatoms. The average Bonchev–Trinajstić information content (AvgIpc) is 3.00. The third kappa shape index (κ3) is 2.37. The topological polar surface area (TPSA) is 83.8 Å². The number of fused-ring (bicyclic) bond motifs is 1. The maximum absolute atomic E-state index is 11.3. The maximum atomic E-state index is 11.3. The van der Waals surface area contributed by atoms with Crippen molar-refractivity contribution < 1.29 is 4.79 Å². The van der Waals surface area contributed by atoms with E-state index in [2.05, 4.69) is 15.3 Å². The van der Waals surface area contributed by atoms with E-state index in [0.29, 0.717) is 13.0 Å². The van der Waals surface area contributed by atoms with E-state index >= 15 is 0 Å². The number of hydrogen-bond donors (Lipinski definition) is 3. The number of rotatable bonds is 4. The van der Waals surface area contributed by atoms with Crippen LogP contribution in [-0.2, 0) is 17.6 Å². The van der Waals surface area contributed by atoms with Crippen molar-refractivity contribution in [2.24, 2.45) is 5.73 Å². The van der Waals surface area contributed by atoms with E-state index in [1.807, 2.05) is 24.4 Å². The van der Waals surface area contributed by atoms with Crippen LogP contribution in [0.15, 0.2) is 24.4 Å². The third-order valence-electron chi connectivity index (χ3n) is 3.29. The molecule has 0 bridgehead atoms. The number of amides is 1. The summed E-state index contributed by atoms with van der Waals surface area (Å²) in [6.07, 6.45) is 4.08. The molecule has 0 saturated carbocycles. The molecule has 0 atom stereocenters. The van der Waals surface area contributed by atoms with Gasteiger partial charge < -0.3 is 16.0 Å². The fourth-order valence-electron chi connectivity index (χ4n) is 2.30. The molecule has 2 aromatic rings. The van der Waals surface area contributed by atoms with Gasteiger partial charge in [-0.2, -0.15) is 0 Å². The van der Waals surface area contributed by atoms with Gasteiger partial charge in [0.1, 0.15) is 5.82 Å². The summed E-state index contributed by atoms with van der Waals surface area (Å²) in [6.45, 7) is 0.669. The van der Waals surface area contributed by atoms with Crippen LogP contribution in [0, 0.1) is 0 Å². The Morgan fingerprint density at radius 1 is 1.37 bits per heavy atom. The van der Waals surface area contributed by atoms with Gasteiger partial charge in [-0.05, 0) is 36.2 Å². The first kappa shape index (κ1) is 11.9. The lowest BCUT2D eigenvalue weighted by atomic mass is 10.1. The quantitative estimate of drug-likeness (QED) is 0.774. The Morgan fingerprint density at radius 3 is 3.11 bits per heavy atom.